The Hall–Kier alpha value is -2.38. The number of nitrogens with one attached hydrogen (secondary N) is 1. The van der Waals surface area contributed by atoms with Crippen LogP contribution in [0.4, 0.5) is 18.9 Å². The van der Waals surface area contributed by atoms with Crippen LogP contribution >= 0.6 is 0 Å². The van der Waals surface area contributed by atoms with Gasteiger partial charge in [-0.2, -0.15) is 0 Å². The van der Waals surface area contributed by atoms with Gasteiger partial charge < -0.3 is 10.1 Å². The van der Waals surface area contributed by atoms with Gasteiger partial charge in [0.25, 0.3) is 5.91 Å². The van der Waals surface area contributed by atoms with Gasteiger partial charge in [0.05, 0.1) is 11.6 Å². The monoisotopic (exact) mass is 369 g/mol. The lowest BCUT2D eigenvalue weighted by Gasteiger charge is -2.36. The van der Waals surface area contributed by atoms with Crippen molar-refractivity contribution in [3.05, 3.63) is 29.6 Å². The lowest BCUT2D eigenvalue weighted by Crippen LogP contribution is -2.40. The molecule has 3 rings (SSSR count). The summed E-state index contributed by atoms with van der Waals surface area (Å²) in [5.41, 5.74) is -0.539. The topological polar surface area (TPSA) is 72.5 Å². The van der Waals surface area contributed by atoms with Gasteiger partial charge in [0.2, 0.25) is 0 Å². The molecular weight excluding hydrogens is 351 g/mol. The number of esters is 1. The van der Waals surface area contributed by atoms with E-state index in [4.69, 9.17) is 4.74 Å². The molecule has 2 bridgehead atoms. The van der Waals surface area contributed by atoms with Crippen LogP contribution in [0.3, 0.4) is 0 Å². The zero-order valence-corrected chi connectivity index (χ0v) is 13.9. The SMILES string of the molecule is O=C(COC(=O)C1C[C@H]2CCC[C@H](C1)C2=O)Nc1ccc(F)c(F)c1F. The fraction of sp³-hybridized carbons (Fsp3) is 0.500. The standard InChI is InChI=1S/C18H18F3NO4/c19-12-4-5-13(16(21)15(12)20)22-14(23)8-26-18(25)11-6-9-2-1-3-10(7-11)17(9)24/h4-5,9-11H,1-3,6-8H2,(H,22,23)/t9-,10-/m1/s1. The summed E-state index contributed by atoms with van der Waals surface area (Å²) in [5.74, 6) is -6.49. The van der Waals surface area contributed by atoms with Crippen LogP contribution in [0.25, 0.3) is 0 Å². The molecule has 5 nitrogen and oxygen atoms in total. The van der Waals surface area contributed by atoms with Gasteiger partial charge in [-0.05, 0) is 37.8 Å². The van der Waals surface area contributed by atoms with E-state index in [1.807, 2.05) is 5.32 Å². The van der Waals surface area contributed by atoms with Gasteiger partial charge in [-0.3, -0.25) is 14.4 Å². The summed E-state index contributed by atoms with van der Waals surface area (Å²) in [6.45, 7) is -0.670. The Morgan fingerprint density at radius 1 is 1.08 bits per heavy atom. The van der Waals surface area contributed by atoms with Gasteiger partial charge >= 0.3 is 5.97 Å². The normalized spacial score (nSPS) is 24.9. The molecule has 1 aromatic rings. The molecule has 0 heterocycles. The molecule has 2 aliphatic carbocycles. The van der Waals surface area contributed by atoms with Crippen LogP contribution in [0.1, 0.15) is 32.1 Å². The molecule has 140 valence electrons. The highest BCUT2D eigenvalue weighted by molar-refractivity contribution is 5.93. The van der Waals surface area contributed by atoms with Crippen LogP contribution in [0.5, 0.6) is 0 Å². The predicted octanol–water partition coefficient (Wildman–Crippen LogP) is 2.98. The highest BCUT2D eigenvalue weighted by Crippen LogP contribution is 2.40. The van der Waals surface area contributed by atoms with E-state index in [-0.39, 0.29) is 17.6 Å². The Labute approximate surface area is 147 Å². The number of ether oxygens (including phenoxy) is 1. The van der Waals surface area contributed by atoms with Crippen LogP contribution < -0.4 is 5.32 Å². The second-order valence-corrected chi connectivity index (χ2v) is 6.77. The van der Waals surface area contributed by atoms with Crippen molar-refractivity contribution in [2.24, 2.45) is 17.8 Å². The van der Waals surface area contributed by atoms with Gasteiger partial charge in [-0.15, -0.1) is 0 Å². The molecule has 2 fully saturated rings. The van der Waals surface area contributed by atoms with Crippen molar-refractivity contribution >= 4 is 23.3 Å². The summed E-state index contributed by atoms with van der Waals surface area (Å²) in [4.78, 5) is 36.0. The van der Waals surface area contributed by atoms with E-state index in [9.17, 15) is 27.6 Å². The summed E-state index contributed by atoms with van der Waals surface area (Å²) in [6.07, 6.45) is 3.37. The summed E-state index contributed by atoms with van der Waals surface area (Å²) in [5, 5.41) is 2.03. The fourth-order valence-corrected chi connectivity index (χ4v) is 3.74. The maximum absolute atomic E-state index is 13.5. The minimum absolute atomic E-state index is 0.120. The van der Waals surface area contributed by atoms with Crippen LogP contribution in [0.2, 0.25) is 0 Å². The van der Waals surface area contributed by atoms with Crippen molar-refractivity contribution in [2.75, 3.05) is 11.9 Å². The number of rotatable bonds is 4. The number of carbonyl (C=O) groups is 3. The van der Waals surface area contributed by atoms with Crippen molar-refractivity contribution in [3.63, 3.8) is 0 Å². The quantitative estimate of drug-likeness (QED) is 0.654. The summed E-state index contributed by atoms with van der Waals surface area (Å²) in [7, 11) is 0. The number of anilines is 1. The Morgan fingerprint density at radius 2 is 1.73 bits per heavy atom. The summed E-state index contributed by atoms with van der Waals surface area (Å²) >= 11 is 0. The van der Waals surface area contributed by atoms with Gasteiger partial charge in [0.15, 0.2) is 24.1 Å². The molecule has 1 aromatic carbocycles. The van der Waals surface area contributed by atoms with E-state index in [1.54, 1.807) is 0 Å². The van der Waals surface area contributed by atoms with Crippen LogP contribution in [-0.2, 0) is 19.1 Å². The molecule has 2 atom stereocenters. The smallest absolute Gasteiger partial charge is 0.309 e. The van der Waals surface area contributed by atoms with Crippen molar-refractivity contribution in [3.8, 4) is 0 Å². The van der Waals surface area contributed by atoms with Gasteiger partial charge in [-0.1, -0.05) is 6.42 Å². The lowest BCUT2D eigenvalue weighted by atomic mass is 9.67. The highest BCUT2D eigenvalue weighted by atomic mass is 19.2. The number of fused-ring (bicyclic) bond motifs is 2. The van der Waals surface area contributed by atoms with E-state index in [0.717, 1.165) is 25.3 Å². The first kappa shape index (κ1) is 18.4. The molecule has 0 saturated heterocycles. The number of halogens is 3. The number of ketones is 1. The van der Waals surface area contributed by atoms with E-state index >= 15 is 0 Å². The Morgan fingerprint density at radius 3 is 2.38 bits per heavy atom. The zero-order chi connectivity index (χ0) is 18.8. The second-order valence-electron chi connectivity index (χ2n) is 6.77. The third-order valence-electron chi connectivity index (χ3n) is 5.04. The molecule has 8 heteroatoms. The lowest BCUT2D eigenvalue weighted by molar-refractivity contribution is -0.155. The predicted molar refractivity (Wildman–Crippen MR) is 84.5 cm³/mol. The van der Waals surface area contributed by atoms with E-state index in [2.05, 4.69) is 0 Å². The van der Waals surface area contributed by atoms with Crippen molar-refractivity contribution in [1.82, 2.24) is 0 Å². The summed E-state index contributed by atoms with van der Waals surface area (Å²) in [6, 6.07) is 1.55. The summed E-state index contributed by atoms with van der Waals surface area (Å²) < 4.78 is 44.5. The molecule has 1 N–H and O–H groups in total. The first-order valence-corrected chi connectivity index (χ1v) is 8.50. The Bertz CT molecular complexity index is 736. The number of amides is 1. The molecule has 2 aliphatic rings. The van der Waals surface area contributed by atoms with Crippen LogP contribution in [0, 0.1) is 35.2 Å². The van der Waals surface area contributed by atoms with Crippen molar-refractivity contribution in [2.45, 2.75) is 32.1 Å². The number of hydrogen-bond donors (Lipinski definition) is 1. The minimum Gasteiger partial charge on any atom is -0.455 e. The Kier molecular flexibility index (Phi) is 5.29. The molecule has 0 radical (unpaired) electrons. The number of benzene rings is 1. The largest absolute Gasteiger partial charge is 0.455 e. The fourth-order valence-electron chi connectivity index (χ4n) is 3.74. The molecular formula is C18H18F3NO4. The van der Waals surface area contributed by atoms with Crippen LogP contribution in [0.15, 0.2) is 12.1 Å². The molecule has 0 aromatic heterocycles. The number of Topliss-reactive ketones (excluding diaryl/α,β-unsaturated/α-hetero) is 1. The van der Waals surface area contributed by atoms with Gasteiger partial charge in [0, 0.05) is 11.8 Å². The maximum atomic E-state index is 13.5. The van der Waals surface area contributed by atoms with Gasteiger partial charge in [0.1, 0.15) is 5.78 Å². The molecule has 0 unspecified atom stereocenters. The average molecular weight is 369 g/mol. The third-order valence-corrected chi connectivity index (χ3v) is 5.04. The molecule has 0 spiro atoms. The zero-order valence-electron chi connectivity index (χ0n) is 13.9. The molecule has 2 saturated carbocycles. The van der Waals surface area contributed by atoms with Crippen LogP contribution in [-0.4, -0.2) is 24.3 Å². The third kappa shape index (κ3) is 3.73. The van der Waals surface area contributed by atoms with Gasteiger partial charge in [-0.25, -0.2) is 13.2 Å². The number of carbonyl (C=O) groups excluding carboxylic acids is 3. The van der Waals surface area contributed by atoms with E-state index < -0.39 is 47.5 Å². The maximum Gasteiger partial charge on any atom is 0.309 e. The highest BCUT2D eigenvalue weighted by Gasteiger charge is 2.41. The first-order valence-electron chi connectivity index (χ1n) is 8.50. The average Bonchev–Trinajstić information content (AvgIpc) is 2.60. The van der Waals surface area contributed by atoms with Crippen molar-refractivity contribution < 1.29 is 32.3 Å². The Balaban J connectivity index is 1.52. The molecule has 26 heavy (non-hydrogen) atoms. The number of hydrogen-bond acceptors (Lipinski definition) is 4. The molecule has 0 aliphatic heterocycles. The molecule has 1 amide bonds. The van der Waals surface area contributed by atoms with Crippen molar-refractivity contribution in [1.29, 1.82) is 0 Å². The first-order chi connectivity index (χ1) is 12.4. The second kappa shape index (κ2) is 7.47. The van der Waals surface area contributed by atoms with E-state index in [0.29, 0.717) is 18.9 Å². The minimum atomic E-state index is -1.70. The van der Waals surface area contributed by atoms with E-state index in [1.165, 1.54) is 0 Å².